The highest BCUT2D eigenvalue weighted by molar-refractivity contribution is 7.80. The Morgan fingerprint density at radius 1 is 1.15 bits per heavy atom. The second-order valence-corrected chi connectivity index (χ2v) is 7.20. The summed E-state index contributed by atoms with van der Waals surface area (Å²) in [4.78, 5) is 27.0. The molecule has 2 aromatic carbocycles. The fourth-order valence-corrected chi connectivity index (χ4v) is 4.25. The van der Waals surface area contributed by atoms with Crippen molar-refractivity contribution in [3.05, 3.63) is 71.3 Å². The molecule has 1 heterocycles. The van der Waals surface area contributed by atoms with Crippen LogP contribution in [0.25, 0.3) is 0 Å². The number of amides is 1. The molecule has 5 heteroatoms. The summed E-state index contributed by atoms with van der Waals surface area (Å²) in [6.07, 6.45) is 0.491. The number of carbonyl (C=O) groups excluding carboxylic acids is 2. The normalized spacial score (nSPS) is 24.5. The summed E-state index contributed by atoms with van der Waals surface area (Å²) in [7, 11) is 0. The van der Waals surface area contributed by atoms with Crippen molar-refractivity contribution in [3.63, 3.8) is 0 Å². The molecule has 4 nitrogen and oxygen atoms in total. The zero-order valence-electron chi connectivity index (χ0n) is 14.4. The third kappa shape index (κ3) is 2.82. The molecule has 26 heavy (non-hydrogen) atoms. The van der Waals surface area contributed by atoms with E-state index in [9.17, 15) is 9.59 Å². The quantitative estimate of drug-likeness (QED) is 0.778. The minimum atomic E-state index is -0.314. The van der Waals surface area contributed by atoms with Gasteiger partial charge in [0, 0.05) is 17.9 Å². The number of nitrogens with zero attached hydrogens (tertiary/aromatic N) is 1. The predicted molar refractivity (Wildman–Crippen MR) is 102 cm³/mol. The first kappa shape index (κ1) is 16.9. The lowest BCUT2D eigenvalue weighted by molar-refractivity contribution is -0.129. The van der Waals surface area contributed by atoms with Gasteiger partial charge in [0.25, 0.3) is 5.17 Å². The second-order valence-electron chi connectivity index (χ2n) is 6.85. The molecule has 0 saturated carbocycles. The van der Waals surface area contributed by atoms with Crippen LogP contribution in [0.4, 0.5) is 0 Å². The Bertz CT molecular complexity index is 880. The van der Waals surface area contributed by atoms with Gasteiger partial charge in [-0.3, -0.25) is 14.5 Å². The fourth-order valence-electron chi connectivity index (χ4n) is 3.87. The Morgan fingerprint density at radius 2 is 1.85 bits per heavy atom. The molecule has 0 unspecified atom stereocenters. The molecule has 0 aromatic heterocycles. The van der Waals surface area contributed by atoms with Crippen LogP contribution in [-0.4, -0.2) is 27.8 Å². The summed E-state index contributed by atoms with van der Waals surface area (Å²) >= 11 is 5.31. The van der Waals surface area contributed by atoms with E-state index in [-0.39, 0.29) is 41.3 Å². The van der Waals surface area contributed by atoms with E-state index in [1.165, 1.54) is 4.90 Å². The lowest BCUT2D eigenvalue weighted by Crippen LogP contribution is -2.39. The Hall–Kier alpha value is -2.53. The van der Waals surface area contributed by atoms with Crippen LogP contribution in [0.3, 0.4) is 0 Å². The van der Waals surface area contributed by atoms with Crippen LogP contribution in [0.1, 0.15) is 40.9 Å². The third-order valence-corrected chi connectivity index (χ3v) is 5.50. The van der Waals surface area contributed by atoms with Gasteiger partial charge in [0.05, 0.1) is 6.04 Å². The number of benzene rings is 2. The van der Waals surface area contributed by atoms with Crippen molar-refractivity contribution in [3.8, 4) is 0 Å². The number of carbonyl (C=O) groups is 2. The number of hydrogen-bond acceptors (Lipinski definition) is 4. The minimum absolute atomic E-state index is 0.0484. The standard InChI is InChI=1S/C21H19NO3S/c1-13-20(14-7-3-2-4-8-14)25-21(26)22(13)18(23)12-16-11-15-9-5-6-10-17(15)19(16)24/h2-10,13,16,20H,11-12H2,1H3/t13-,16+,20+/m1/s1. The molecule has 0 radical (unpaired) electrons. The number of rotatable bonds is 3. The molecule has 1 fully saturated rings. The van der Waals surface area contributed by atoms with Gasteiger partial charge in [-0.25, -0.2) is 0 Å². The fraction of sp³-hybridized carbons (Fsp3) is 0.286. The summed E-state index contributed by atoms with van der Waals surface area (Å²) in [6.45, 7) is 1.93. The number of ether oxygens (including phenoxy) is 1. The van der Waals surface area contributed by atoms with E-state index >= 15 is 0 Å². The van der Waals surface area contributed by atoms with Gasteiger partial charge in [-0.1, -0.05) is 54.6 Å². The number of hydrogen-bond donors (Lipinski definition) is 0. The Balaban J connectivity index is 1.49. The maximum Gasteiger partial charge on any atom is 0.267 e. The number of thiocarbonyl (C=S) groups is 1. The molecule has 1 aliphatic heterocycles. The van der Waals surface area contributed by atoms with Crippen LogP contribution in [-0.2, 0) is 16.0 Å². The highest BCUT2D eigenvalue weighted by atomic mass is 32.1. The Morgan fingerprint density at radius 3 is 2.58 bits per heavy atom. The van der Waals surface area contributed by atoms with Gasteiger partial charge in [-0.2, -0.15) is 0 Å². The summed E-state index contributed by atoms with van der Waals surface area (Å²) < 4.78 is 5.80. The van der Waals surface area contributed by atoms with Crippen LogP contribution in [0.15, 0.2) is 54.6 Å². The molecule has 0 N–H and O–H groups in total. The highest BCUT2D eigenvalue weighted by Gasteiger charge is 2.42. The lowest BCUT2D eigenvalue weighted by atomic mass is 9.99. The predicted octanol–water partition coefficient (Wildman–Crippen LogP) is 3.71. The van der Waals surface area contributed by atoms with Crippen molar-refractivity contribution in [1.29, 1.82) is 0 Å². The maximum atomic E-state index is 12.9. The lowest BCUT2D eigenvalue weighted by Gasteiger charge is -2.21. The van der Waals surface area contributed by atoms with Gasteiger partial charge in [0.15, 0.2) is 5.78 Å². The number of ketones is 1. The molecule has 132 valence electrons. The first-order valence-electron chi connectivity index (χ1n) is 8.76. The average molecular weight is 365 g/mol. The summed E-state index contributed by atoms with van der Waals surface area (Å²) in [5, 5.41) is 0.194. The van der Waals surface area contributed by atoms with Crippen molar-refractivity contribution < 1.29 is 14.3 Å². The Labute approximate surface area is 157 Å². The van der Waals surface area contributed by atoms with E-state index < -0.39 is 0 Å². The van der Waals surface area contributed by atoms with Gasteiger partial charge in [0.2, 0.25) is 5.91 Å². The minimum Gasteiger partial charge on any atom is -0.460 e. The maximum absolute atomic E-state index is 12.9. The molecule has 4 rings (SSSR count). The summed E-state index contributed by atoms with van der Waals surface area (Å²) in [5.41, 5.74) is 2.74. The topological polar surface area (TPSA) is 46.6 Å². The third-order valence-electron chi connectivity index (χ3n) is 5.21. The summed E-state index contributed by atoms with van der Waals surface area (Å²) in [5.74, 6) is -0.412. The van der Waals surface area contributed by atoms with Crippen molar-refractivity contribution in [2.24, 2.45) is 5.92 Å². The molecular weight excluding hydrogens is 346 g/mol. The van der Waals surface area contributed by atoms with Crippen molar-refractivity contribution in [1.82, 2.24) is 4.90 Å². The van der Waals surface area contributed by atoms with Crippen molar-refractivity contribution >= 4 is 29.1 Å². The van der Waals surface area contributed by atoms with Crippen LogP contribution in [0.5, 0.6) is 0 Å². The van der Waals surface area contributed by atoms with Gasteiger partial charge >= 0.3 is 0 Å². The van der Waals surface area contributed by atoms with Gasteiger partial charge in [0.1, 0.15) is 6.10 Å². The van der Waals surface area contributed by atoms with Crippen molar-refractivity contribution in [2.75, 3.05) is 0 Å². The van der Waals surface area contributed by atoms with E-state index in [2.05, 4.69) is 0 Å². The van der Waals surface area contributed by atoms with E-state index in [4.69, 9.17) is 17.0 Å². The van der Waals surface area contributed by atoms with Gasteiger partial charge < -0.3 is 4.74 Å². The average Bonchev–Trinajstić information content (AvgIpc) is 3.12. The van der Waals surface area contributed by atoms with Crippen LogP contribution < -0.4 is 0 Å². The monoisotopic (exact) mass is 365 g/mol. The smallest absolute Gasteiger partial charge is 0.267 e. The van der Waals surface area contributed by atoms with Gasteiger partial charge in [-0.05, 0) is 36.7 Å². The molecule has 0 bridgehead atoms. The van der Waals surface area contributed by atoms with Crippen molar-refractivity contribution in [2.45, 2.75) is 31.9 Å². The zero-order chi connectivity index (χ0) is 18.3. The van der Waals surface area contributed by atoms with E-state index in [0.29, 0.717) is 6.42 Å². The molecule has 1 saturated heterocycles. The van der Waals surface area contributed by atoms with E-state index in [1.54, 1.807) is 0 Å². The second kappa shape index (κ2) is 6.65. The highest BCUT2D eigenvalue weighted by Crippen LogP contribution is 2.35. The first-order valence-corrected chi connectivity index (χ1v) is 9.17. The molecule has 0 spiro atoms. The van der Waals surface area contributed by atoms with Crippen LogP contribution in [0, 0.1) is 5.92 Å². The van der Waals surface area contributed by atoms with E-state index in [0.717, 1.165) is 16.7 Å². The Kier molecular flexibility index (Phi) is 4.32. The van der Waals surface area contributed by atoms with Crippen LogP contribution >= 0.6 is 12.2 Å². The SMILES string of the molecule is C[C@@H]1[C@@H](c2ccccc2)OC(=S)N1C(=O)C[C@@H]1Cc2ccccc2C1=O. The zero-order valence-corrected chi connectivity index (χ0v) is 15.2. The largest absolute Gasteiger partial charge is 0.460 e. The molecular formula is C21H19NO3S. The van der Waals surface area contributed by atoms with E-state index in [1.807, 2.05) is 61.5 Å². The summed E-state index contributed by atoms with van der Waals surface area (Å²) in [6, 6.07) is 17.1. The molecule has 3 atom stereocenters. The molecule has 1 amide bonds. The number of fused-ring (bicyclic) bond motifs is 1. The first-order chi connectivity index (χ1) is 12.6. The molecule has 2 aliphatic rings. The van der Waals surface area contributed by atoms with Crippen LogP contribution in [0.2, 0.25) is 0 Å². The molecule has 1 aliphatic carbocycles. The van der Waals surface area contributed by atoms with Gasteiger partial charge in [-0.15, -0.1) is 0 Å². The molecule has 2 aromatic rings. The number of Topliss-reactive ketones (excluding diaryl/α,β-unsaturated/α-hetero) is 1.